The molecule has 3 aromatic carbocycles. The number of benzene rings is 3. The van der Waals surface area contributed by atoms with Gasteiger partial charge in [0, 0.05) is 68.5 Å². The van der Waals surface area contributed by atoms with E-state index in [4.69, 9.17) is 90.5 Å². The molecule has 6 heterocycles. The fraction of sp³-hybridized carbons (Fsp3) is 0.517. The first-order valence-corrected chi connectivity index (χ1v) is 29.2. The maximum Gasteiger partial charge on any atom is 0.348 e. The quantitative estimate of drug-likeness (QED) is 0.0465. The molecule has 17 nitrogen and oxygen atoms in total. The number of carbonyl (C=O) groups excluding carboxylic acids is 1. The molecule has 1 aliphatic carbocycles. The second-order valence-electron chi connectivity index (χ2n) is 21.7. The van der Waals surface area contributed by atoms with Crippen molar-refractivity contribution in [1.82, 2.24) is 29.7 Å². The van der Waals surface area contributed by atoms with Gasteiger partial charge in [-0.05, 0) is 113 Å². The van der Waals surface area contributed by atoms with E-state index in [-0.39, 0.29) is 36.7 Å². The van der Waals surface area contributed by atoms with Crippen LogP contribution in [0.1, 0.15) is 68.2 Å². The Morgan fingerprint density at radius 3 is 2.17 bits per heavy atom. The topological polar surface area (TPSA) is 167 Å². The maximum absolute atomic E-state index is 14.7. The second kappa shape index (κ2) is 27.8. The van der Waals surface area contributed by atoms with Gasteiger partial charge in [0.25, 0.3) is 0 Å². The van der Waals surface area contributed by atoms with Crippen molar-refractivity contribution in [3.05, 3.63) is 105 Å². The number of thiophene rings is 1. The van der Waals surface area contributed by atoms with Crippen LogP contribution in [-0.2, 0) is 51.7 Å². The zero-order valence-electron chi connectivity index (χ0n) is 47.3. The Bertz CT molecular complexity index is 3050. The zero-order valence-corrected chi connectivity index (χ0v) is 49.6. The Labute approximate surface area is 487 Å². The van der Waals surface area contributed by atoms with Crippen LogP contribution in [0, 0.1) is 19.7 Å². The minimum atomic E-state index is -1.28. The highest BCUT2D eigenvalue weighted by Crippen LogP contribution is 2.53. The largest absolute Gasteiger partial charge is 0.490 e. The molecule has 2 atom stereocenters. The van der Waals surface area contributed by atoms with Crippen LogP contribution in [0.3, 0.4) is 0 Å². The smallest absolute Gasteiger partial charge is 0.348 e. The van der Waals surface area contributed by atoms with E-state index in [0.29, 0.717) is 148 Å². The molecule has 6 aromatic rings. The molecule has 0 spiro atoms. The van der Waals surface area contributed by atoms with Crippen molar-refractivity contribution in [3.8, 4) is 44.7 Å². The van der Waals surface area contributed by atoms with E-state index in [1.54, 1.807) is 46.2 Å². The number of carbonyl (C=O) groups is 1. The molecule has 3 aliphatic heterocycles. The van der Waals surface area contributed by atoms with Crippen molar-refractivity contribution < 1.29 is 56.6 Å². The standard InChI is InChI=1S/C60H73Cl2FN6O11S/c1-38-48-39(2)52(62)53(51(38)61)78-45(33-69-21-19-68(6)20-22-69)35-76-44-13-14-46(77-34-43-15-18-64-58(67-43)60(16-8-17-60)36-75-30-29-74-28-27-73-26-25-72-24-23-71-7)41(31-44)32-47(57(70)80-59(3,4)5)79-55-50-49(48)54(81-56(50)66-37-65-55)40-9-11-42(63)12-10-40/h9-15,18,31,37,45,47H,8,16-17,19-30,32-36H2,1-7H3/t45-,47-/m1/s1. The molecule has 4 aliphatic rings. The Hall–Kier alpha value is -5.32. The van der Waals surface area contributed by atoms with Gasteiger partial charge in [-0.2, -0.15) is 0 Å². The van der Waals surface area contributed by atoms with E-state index in [9.17, 15) is 9.18 Å². The summed E-state index contributed by atoms with van der Waals surface area (Å²) in [4.78, 5) is 39.9. The first-order chi connectivity index (χ1) is 39.1. The summed E-state index contributed by atoms with van der Waals surface area (Å²) in [6.45, 7) is 17.8. The lowest BCUT2D eigenvalue weighted by atomic mass is 9.68. The Kier molecular flexibility index (Phi) is 20.7. The summed E-state index contributed by atoms with van der Waals surface area (Å²) in [6, 6.07) is 13.6. The van der Waals surface area contributed by atoms with Gasteiger partial charge in [0.1, 0.15) is 59.2 Å². The fourth-order valence-corrected chi connectivity index (χ4v) is 11.7. The zero-order chi connectivity index (χ0) is 57.1. The van der Waals surface area contributed by atoms with Crippen LogP contribution in [0.15, 0.2) is 61.1 Å². The van der Waals surface area contributed by atoms with Crippen LogP contribution >= 0.6 is 34.5 Å². The molecule has 0 N–H and O–H groups in total. The van der Waals surface area contributed by atoms with E-state index in [0.717, 1.165) is 50.3 Å². The summed E-state index contributed by atoms with van der Waals surface area (Å²) in [5.41, 5.74) is 3.45. The highest BCUT2D eigenvalue weighted by Gasteiger charge is 2.42. The van der Waals surface area contributed by atoms with Crippen molar-refractivity contribution >= 4 is 50.7 Å². The molecular weight excluding hydrogens is 1100 g/mol. The van der Waals surface area contributed by atoms with Gasteiger partial charge in [-0.1, -0.05) is 41.8 Å². The number of methoxy groups -OCH3 is 1. The van der Waals surface area contributed by atoms with Gasteiger partial charge in [-0.3, -0.25) is 4.90 Å². The predicted octanol–water partition coefficient (Wildman–Crippen LogP) is 10.3. The third-order valence-corrected chi connectivity index (χ3v) is 16.6. The lowest BCUT2D eigenvalue weighted by molar-refractivity contribution is -0.163. The summed E-state index contributed by atoms with van der Waals surface area (Å²) in [5.74, 6) is 1.10. The van der Waals surface area contributed by atoms with Crippen molar-refractivity contribution in [3.63, 3.8) is 0 Å². The first-order valence-electron chi connectivity index (χ1n) is 27.6. The van der Waals surface area contributed by atoms with Gasteiger partial charge < -0.3 is 52.3 Å². The SMILES string of the molecule is COCCOCCOCCOCCOCC1(c2nccc(COc3ccc4cc3C[C@H](C(=O)OC(C)(C)C)Oc3ncnc5sc(-c6ccc(F)cc6)c(c35)-c3c(C)c(Cl)c(c(Cl)c3C)O[C@H](CN3CCN(C)CC3)CO4)n2)CCC1. The van der Waals surface area contributed by atoms with Crippen LogP contribution in [0.2, 0.25) is 10.0 Å². The molecule has 3 aromatic heterocycles. The number of ether oxygens (including phenoxy) is 10. The lowest BCUT2D eigenvalue weighted by Crippen LogP contribution is -2.49. The number of halogens is 3. The van der Waals surface area contributed by atoms with E-state index in [1.807, 2.05) is 38.1 Å². The molecule has 0 radical (unpaired) electrons. The molecular formula is C60H73Cl2FN6O11S. The van der Waals surface area contributed by atoms with Gasteiger partial charge in [0.15, 0.2) is 5.75 Å². The van der Waals surface area contributed by atoms with Gasteiger partial charge in [0.2, 0.25) is 12.0 Å². The molecule has 0 unspecified atom stereocenters. The van der Waals surface area contributed by atoms with Crippen LogP contribution in [0.5, 0.6) is 23.1 Å². The van der Waals surface area contributed by atoms with Crippen molar-refractivity contribution in [2.45, 2.75) is 90.1 Å². The van der Waals surface area contributed by atoms with Crippen LogP contribution in [-0.4, -0.2) is 166 Å². The highest BCUT2D eigenvalue weighted by atomic mass is 35.5. The number of nitrogens with zero attached hydrogens (tertiary/aromatic N) is 6. The predicted molar refractivity (Wildman–Crippen MR) is 309 cm³/mol. The number of fused-ring (bicyclic) bond motifs is 7. The molecule has 4 bridgehead atoms. The third kappa shape index (κ3) is 15.3. The number of hydrogen-bond donors (Lipinski definition) is 0. The molecule has 1 saturated carbocycles. The van der Waals surface area contributed by atoms with Crippen molar-refractivity contribution in [1.29, 1.82) is 0 Å². The Balaban J connectivity index is 1.03. The molecule has 21 heteroatoms. The number of rotatable bonds is 22. The van der Waals surface area contributed by atoms with Crippen LogP contribution in [0.4, 0.5) is 4.39 Å². The minimum Gasteiger partial charge on any atom is -0.490 e. The monoisotopic (exact) mass is 1170 g/mol. The number of hydrogen-bond acceptors (Lipinski definition) is 18. The summed E-state index contributed by atoms with van der Waals surface area (Å²) in [6.07, 6.45) is 4.14. The van der Waals surface area contributed by atoms with Gasteiger partial charge in [0.05, 0.1) is 86.0 Å². The van der Waals surface area contributed by atoms with Gasteiger partial charge >= 0.3 is 5.97 Å². The number of likely N-dealkylation sites (N-methyl/N-ethyl adjacent to an activating group) is 1. The third-order valence-electron chi connectivity index (χ3n) is 14.6. The van der Waals surface area contributed by atoms with E-state index >= 15 is 0 Å². The first kappa shape index (κ1) is 60.3. The Morgan fingerprint density at radius 1 is 0.840 bits per heavy atom. The number of piperazine rings is 1. The fourth-order valence-electron chi connectivity index (χ4n) is 10.1. The van der Waals surface area contributed by atoms with Crippen molar-refractivity contribution in [2.24, 2.45) is 0 Å². The van der Waals surface area contributed by atoms with Crippen LogP contribution < -0.4 is 18.9 Å². The van der Waals surface area contributed by atoms with E-state index in [1.165, 1.54) is 29.8 Å². The lowest BCUT2D eigenvalue weighted by Gasteiger charge is -2.40. The maximum atomic E-state index is 14.7. The van der Waals surface area contributed by atoms with Crippen LogP contribution in [0.25, 0.3) is 31.8 Å². The van der Waals surface area contributed by atoms with Crippen molar-refractivity contribution in [2.75, 3.05) is 113 Å². The number of esters is 1. The summed E-state index contributed by atoms with van der Waals surface area (Å²) >= 11 is 16.2. The number of aromatic nitrogens is 4. The molecule has 10 rings (SSSR count). The summed E-state index contributed by atoms with van der Waals surface area (Å²) in [5, 5.41) is 1.14. The molecule has 2 fully saturated rings. The highest BCUT2D eigenvalue weighted by molar-refractivity contribution is 7.22. The Morgan fingerprint density at radius 2 is 1.52 bits per heavy atom. The van der Waals surface area contributed by atoms with E-state index < -0.39 is 23.8 Å². The average Bonchev–Trinajstić information content (AvgIpc) is 3.89. The average molecular weight is 1180 g/mol. The normalized spacial score (nSPS) is 17.7. The summed E-state index contributed by atoms with van der Waals surface area (Å²) in [7, 11) is 3.76. The minimum absolute atomic E-state index is 0.0288. The molecule has 0 amide bonds. The molecule has 1 saturated heterocycles. The second-order valence-corrected chi connectivity index (χ2v) is 23.5. The summed E-state index contributed by atoms with van der Waals surface area (Å²) < 4.78 is 75.8. The van der Waals surface area contributed by atoms with Gasteiger partial charge in [-0.15, -0.1) is 11.3 Å². The van der Waals surface area contributed by atoms with Gasteiger partial charge in [-0.25, -0.2) is 29.1 Å². The van der Waals surface area contributed by atoms with E-state index in [2.05, 4.69) is 16.8 Å². The molecule has 81 heavy (non-hydrogen) atoms. The molecule has 436 valence electrons.